The first-order chi connectivity index (χ1) is 11.1. The van der Waals surface area contributed by atoms with Crippen LogP contribution in [0.5, 0.6) is 11.5 Å². The molecule has 0 saturated carbocycles. The molecular weight excluding hydrogens is 292 g/mol. The lowest BCUT2D eigenvalue weighted by Gasteiger charge is -2.02. The largest absolute Gasteiger partial charge is 0.504 e. The van der Waals surface area contributed by atoms with E-state index in [4.69, 9.17) is 5.26 Å². The minimum atomic E-state index is -0.367. The molecule has 0 saturated heterocycles. The van der Waals surface area contributed by atoms with E-state index in [0.29, 0.717) is 11.1 Å². The standard InChI is InChI=1S/C18H14N2O3/c19-12-15(20-18(23)14-6-2-1-3-7-14)8-4-5-13-9-10-16(21)17(22)11-13/h1-11,21-22H,(H,20,23). The molecule has 0 aromatic heterocycles. The molecule has 0 bridgehead atoms. The number of aromatic hydroxyl groups is 2. The summed E-state index contributed by atoms with van der Waals surface area (Å²) < 4.78 is 0. The number of amides is 1. The Morgan fingerprint density at radius 1 is 1.09 bits per heavy atom. The van der Waals surface area contributed by atoms with Gasteiger partial charge in [0.15, 0.2) is 11.5 Å². The fourth-order valence-corrected chi connectivity index (χ4v) is 1.79. The Morgan fingerprint density at radius 2 is 1.83 bits per heavy atom. The van der Waals surface area contributed by atoms with Crippen LogP contribution in [0.15, 0.2) is 66.4 Å². The highest BCUT2D eigenvalue weighted by molar-refractivity contribution is 5.95. The summed E-state index contributed by atoms with van der Waals surface area (Å²) in [7, 11) is 0. The second-order valence-corrected chi connectivity index (χ2v) is 4.62. The van der Waals surface area contributed by atoms with Crippen molar-refractivity contribution in [3.05, 3.63) is 77.5 Å². The maximum absolute atomic E-state index is 11.9. The monoisotopic (exact) mass is 306 g/mol. The summed E-state index contributed by atoms with van der Waals surface area (Å²) in [6.45, 7) is 0. The SMILES string of the molecule is N#CC(=CC=Cc1ccc(O)c(O)c1)NC(=O)c1ccccc1. The van der Waals surface area contributed by atoms with E-state index >= 15 is 0 Å². The summed E-state index contributed by atoms with van der Waals surface area (Å²) >= 11 is 0. The normalized spacial score (nSPS) is 11.2. The van der Waals surface area contributed by atoms with Gasteiger partial charge in [-0.1, -0.05) is 36.4 Å². The minimum absolute atomic E-state index is 0.0955. The zero-order valence-electron chi connectivity index (χ0n) is 12.1. The molecule has 0 unspecified atom stereocenters. The van der Waals surface area contributed by atoms with Crippen LogP contribution in [-0.4, -0.2) is 16.1 Å². The van der Waals surface area contributed by atoms with Gasteiger partial charge in [-0.3, -0.25) is 4.79 Å². The number of nitrogens with one attached hydrogen (secondary N) is 1. The van der Waals surface area contributed by atoms with E-state index < -0.39 is 0 Å². The van der Waals surface area contributed by atoms with Crippen LogP contribution in [0.3, 0.4) is 0 Å². The third kappa shape index (κ3) is 4.48. The number of hydrogen-bond donors (Lipinski definition) is 3. The van der Waals surface area contributed by atoms with E-state index in [9.17, 15) is 15.0 Å². The Balaban J connectivity index is 2.07. The number of nitrogens with zero attached hydrogens (tertiary/aromatic N) is 1. The zero-order chi connectivity index (χ0) is 16.7. The molecule has 5 nitrogen and oxygen atoms in total. The van der Waals surface area contributed by atoms with E-state index in [1.54, 1.807) is 48.6 Å². The van der Waals surface area contributed by atoms with E-state index in [1.165, 1.54) is 18.2 Å². The van der Waals surface area contributed by atoms with E-state index in [2.05, 4.69) is 5.32 Å². The molecule has 1 amide bonds. The lowest BCUT2D eigenvalue weighted by atomic mass is 10.2. The Bertz CT molecular complexity index is 803. The topological polar surface area (TPSA) is 93.3 Å². The number of phenols is 2. The average molecular weight is 306 g/mol. The van der Waals surface area contributed by atoms with E-state index in [0.717, 1.165) is 0 Å². The summed E-state index contributed by atoms with van der Waals surface area (Å²) in [6.07, 6.45) is 4.64. The van der Waals surface area contributed by atoms with Crippen molar-refractivity contribution in [1.29, 1.82) is 5.26 Å². The molecule has 114 valence electrons. The van der Waals surface area contributed by atoms with Gasteiger partial charge in [-0.2, -0.15) is 5.26 Å². The molecule has 0 atom stereocenters. The molecule has 0 aliphatic rings. The molecule has 5 heteroatoms. The molecule has 0 radical (unpaired) electrons. The summed E-state index contributed by atoms with van der Waals surface area (Å²) in [4.78, 5) is 11.9. The van der Waals surface area contributed by atoms with Gasteiger partial charge >= 0.3 is 0 Å². The quantitative estimate of drug-likeness (QED) is 0.460. The van der Waals surface area contributed by atoms with E-state index in [1.807, 2.05) is 6.07 Å². The number of carbonyl (C=O) groups excluding carboxylic acids is 1. The van der Waals surface area contributed by atoms with Gasteiger partial charge in [0.1, 0.15) is 11.8 Å². The van der Waals surface area contributed by atoms with Crippen molar-refractivity contribution < 1.29 is 15.0 Å². The number of rotatable bonds is 4. The van der Waals surface area contributed by atoms with Crippen molar-refractivity contribution in [3.8, 4) is 17.6 Å². The molecule has 0 aliphatic carbocycles. The predicted octanol–water partition coefficient (Wildman–Crippen LogP) is 2.95. The molecule has 0 heterocycles. The van der Waals surface area contributed by atoms with Gasteiger partial charge in [-0.15, -0.1) is 0 Å². The Morgan fingerprint density at radius 3 is 2.48 bits per heavy atom. The third-order valence-corrected chi connectivity index (χ3v) is 2.96. The number of carbonyl (C=O) groups is 1. The molecule has 0 fully saturated rings. The average Bonchev–Trinajstić information content (AvgIpc) is 2.57. The minimum Gasteiger partial charge on any atom is -0.504 e. The Hall–Kier alpha value is -3.52. The highest BCUT2D eigenvalue weighted by atomic mass is 16.3. The summed E-state index contributed by atoms with van der Waals surface area (Å²) in [5.74, 6) is -0.798. The lowest BCUT2D eigenvalue weighted by molar-refractivity contribution is 0.0967. The van der Waals surface area contributed by atoms with Gasteiger partial charge in [0.05, 0.1) is 0 Å². The van der Waals surface area contributed by atoms with Crippen molar-refractivity contribution in [3.63, 3.8) is 0 Å². The van der Waals surface area contributed by atoms with Gasteiger partial charge < -0.3 is 15.5 Å². The number of nitriles is 1. The summed E-state index contributed by atoms with van der Waals surface area (Å²) in [5.41, 5.74) is 1.20. The smallest absolute Gasteiger partial charge is 0.256 e. The van der Waals surface area contributed by atoms with Gasteiger partial charge in [-0.25, -0.2) is 0 Å². The van der Waals surface area contributed by atoms with Crippen LogP contribution < -0.4 is 5.32 Å². The first-order valence-electron chi connectivity index (χ1n) is 6.77. The zero-order valence-corrected chi connectivity index (χ0v) is 12.1. The molecule has 2 aromatic carbocycles. The molecule has 2 rings (SSSR count). The maximum atomic E-state index is 11.9. The van der Waals surface area contributed by atoms with Crippen molar-refractivity contribution in [1.82, 2.24) is 5.32 Å². The van der Waals surface area contributed by atoms with Gasteiger partial charge in [0, 0.05) is 5.56 Å². The van der Waals surface area contributed by atoms with Crippen molar-refractivity contribution >= 4 is 12.0 Å². The maximum Gasteiger partial charge on any atom is 0.256 e. The number of hydrogen-bond acceptors (Lipinski definition) is 4. The van der Waals surface area contributed by atoms with Crippen molar-refractivity contribution in [2.24, 2.45) is 0 Å². The fourth-order valence-electron chi connectivity index (χ4n) is 1.79. The van der Waals surface area contributed by atoms with Gasteiger partial charge in [0.2, 0.25) is 0 Å². The Labute approximate surface area is 133 Å². The second-order valence-electron chi connectivity index (χ2n) is 4.62. The Kier molecular flexibility index (Phi) is 5.16. The van der Waals surface area contributed by atoms with E-state index in [-0.39, 0.29) is 23.1 Å². The molecule has 3 N–H and O–H groups in total. The molecular formula is C18H14N2O3. The van der Waals surface area contributed by atoms with Crippen LogP contribution in [0, 0.1) is 11.3 Å². The second kappa shape index (κ2) is 7.48. The molecule has 0 spiro atoms. The van der Waals surface area contributed by atoms with Crippen LogP contribution >= 0.6 is 0 Å². The first-order valence-corrected chi connectivity index (χ1v) is 6.77. The summed E-state index contributed by atoms with van der Waals surface area (Å²) in [6, 6.07) is 14.8. The van der Waals surface area contributed by atoms with Gasteiger partial charge in [0.25, 0.3) is 5.91 Å². The molecule has 0 aliphatic heterocycles. The number of benzene rings is 2. The van der Waals surface area contributed by atoms with Crippen LogP contribution in [0.4, 0.5) is 0 Å². The van der Waals surface area contributed by atoms with Crippen LogP contribution in [-0.2, 0) is 0 Å². The lowest BCUT2D eigenvalue weighted by Crippen LogP contribution is -2.21. The highest BCUT2D eigenvalue weighted by Crippen LogP contribution is 2.25. The number of phenolic OH excluding ortho intramolecular Hbond substituents is 2. The fraction of sp³-hybridized carbons (Fsp3) is 0. The van der Waals surface area contributed by atoms with Gasteiger partial charge in [-0.05, 0) is 35.9 Å². The predicted molar refractivity (Wildman–Crippen MR) is 86.4 cm³/mol. The van der Waals surface area contributed by atoms with Crippen LogP contribution in [0.25, 0.3) is 6.08 Å². The number of allylic oxidation sites excluding steroid dienone is 3. The van der Waals surface area contributed by atoms with Crippen LogP contribution in [0.1, 0.15) is 15.9 Å². The van der Waals surface area contributed by atoms with Crippen molar-refractivity contribution in [2.45, 2.75) is 0 Å². The third-order valence-electron chi connectivity index (χ3n) is 2.96. The highest BCUT2D eigenvalue weighted by Gasteiger charge is 2.05. The molecule has 2 aromatic rings. The molecule has 23 heavy (non-hydrogen) atoms. The van der Waals surface area contributed by atoms with Crippen molar-refractivity contribution in [2.75, 3.05) is 0 Å². The first kappa shape index (κ1) is 15.9. The summed E-state index contributed by atoms with van der Waals surface area (Å²) in [5, 5.41) is 30.2. The van der Waals surface area contributed by atoms with Crippen LogP contribution in [0.2, 0.25) is 0 Å².